The van der Waals surface area contributed by atoms with E-state index in [1.54, 1.807) is 24.3 Å². The molecule has 2 aromatic carbocycles. The molecule has 1 aromatic heterocycles. The predicted molar refractivity (Wildman–Crippen MR) is 135 cm³/mol. The van der Waals surface area contributed by atoms with Crippen LogP contribution >= 0.6 is 0 Å². The number of piperidine rings is 1. The maximum absolute atomic E-state index is 12.7. The number of carbonyl (C=O) groups excluding carboxylic acids is 1. The second-order valence-corrected chi connectivity index (χ2v) is 11.2. The van der Waals surface area contributed by atoms with Crippen molar-refractivity contribution >= 4 is 26.8 Å². The molecule has 8 nitrogen and oxygen atoms in total. The summed E-state index contributed by atoms with van der Waals surface area (Å²) in [6, 6.07) is 15.2. The number of likely N-dealkylation sites (tertiary alicyclic amines) is 1. The first-order valence-corrected chi connectivity index (χ1v) is 13.7. The van der Waals surface area contributed by atoms with E-state index in [1.165, 1.54) is 20.8 Å². The molecular formula is C26H32N4O4S. The van der Waals surface area contributed by atoms with Crippen molar-refractivity contribution in [1.29, 1.82) is 0 Å². The molecule has 9 heteroatoms. The molecule has 2 aliphatic rings. The number of ether oxygens (including phenoxy) is 1. The van der Waals surface area contributed by atoms with Gasteiger partial charge in [-0.3, -0.25) is 9.69 Å². The van der Waals surface area contributed by atoms with Crippen LogP contribution in [0.3, 0.4) is 0 Å². The van der Waals surface area contributed by atoms with Gasteiger partial charge in [-0.15, -0.1) is 0 Å². The number of nitrogens with zero attached hydrogens (tertiary/aromatic N) is 2. The number of aromatic nitrogens is 1. The van der Waals surface area contributed by atoms with Gasteiger partial charge in [-0.2, -0.15) is 4.31 Å². The maximum atomic E-state index is 12.7. The third-order valence-corrected chi connectivity index (χ3v) is 8.95. The lowest BCUT2D eigenvalue weighted by atomic mass is 9.89. The molecule has 1 amide bonds. The predicted octanol–water partition coefficient (Wildman–Crippen LogP) is 2.68. The molecule has 5 rings (SSSR count). The number of carbonyl (C=O) groups is 1. The first-order valence-electron chi connectivity index (χ1n) is 12.2. The van der Waals surface area contributed by atoms with Gasteiger partial charge < -0.3 is 15.0 Å². The van der Waals surface area contributed by atoms with Crippen LogP contribution in [0.4, 0.5) is 0 Å². The van der Waals surface area contributed by atoms with E-state index >= 15 is 0 Å². The molecule has 2 N–H and O–H groups in total. The smallest absolute Gasteiger partial charge is 0.243 e. The number of benzene rings is 2. The minimum Gasteiger partial charge on any atom is -0.379 e. The summed E-state index contributed by atoms with van der Waals surface area (Å²) in [5.74, 6) is 0.498. The zero-order valence-electron chi connectivity index (χ0n) is 19.8. The van der Waals surface area contributed by atoms with Crippen molar-refractivity contribution in [3.05, 3.63) is 65.9 Å². The molecule has 0 saturated carbocycles. The van der Waals surface area contributed by atoms with Gasteiger partial charge in [-0.25, -0.2) is 8.42 Å². The first-order chi connectivity index (χ1) is 17.0. The highest BCUT2D eigenvalue weighted by atomic mass is 32.2. The van der Waals surface area contributed by atoms with E-state index in [9.17, 15) is 13.2 Å². The second-order valence-electron chi connectivity index (χ2n) is 9.28. The Bertz CT molecular complexity index is 1260. The number of sulfonamides is 1. The Morgan fingerprint density at radius 3 is 2.46 bits per heavy atom. The molecule has 2 aliphatic heterocycles. The second kappa shape index (κ2) is 10.5. The molecule has 2 fully saturated rings. The SMILES string of the molecule is O=C(CN1CCC(c2c[nH]c3ccccc23)CC1)NCc1ccc(S(=O)(=O)N2CCOCC2)cc1. The van der Waals surface area contributed by atoms with Gasteiger partial charge >= 0.3 is 0 Å². The third kappa shape index (κ3) is 5.43. The van der Waals surface area contributed by atoms with Crippen molar-refractivity contribution < 1.29 is 17.9 Å². The van der Waals surface area contributed by atoms with Gasteiger partial charge in [0, 0.05) is 36.7 Å². The van der Waals surface area contributed by atoms with Crippen LogP contribution in [0.15, 0.2) is 59.6 Å². The lowest BCUT2D eigenvalue weighted by Crippen LogP contribution is -2.41. The number of rotatable bonds is 7. The number of nitrogens with one attached hydrogen (secondary N) is 2. The molecular weight excluding hydrogens is 464 g/mol. The quantitative estimate of drug-likeness (QED) is 0.525. The molecule has 0 radical (unpaired) electrons. The number of amides is 1. The Balaban J connectivity index is 1.09. The summed E-state index contributed by atoms with van der Waals surface area (Å²) in [6.45, 7) is 4.14. The minimum atomic E-state index is -3.51. The van der Waals surface area contributed by atoms with Crippen LogP contribution in [0.5, 0.6) is 0 Å². The normalized spacial score (nSPS) is 18.6. The Morgan fingerprint density at radius 2 is 1.71 bits per heavy atom. The summed E-state index contributed by atoms with van der Waals surface area (Å²) in [4.78, 5) is 18.4. The van der Waals surface area contributed by atoms with Gasteiger partial charge in [0.05, 0.1) is 24.7 Å². The number of hydrogen-bond donors (Lipinski definition) is 2. The Kier molecular flexibility index (Phi) is 7.19. The van der Waals surface area contributed by atoms with Gasteiger partial charge in [0.2, 0.25) is 15.9 Å². The fourth-order valence-electron chi connectivity index (χ4n) is 5.01. The number of aromatic amines is 1. The van der Waals surface area contributed by atoms with Crippen LogP contribution in [0.25, 0.3) is 10.9 Å². The van der Waals surface area contributed by atoms with Gasteiger partial charge in [-0.05, 0) is 61.2 Å². The molecule has 0 atom stereocenters. The Morgan fingerprint density at radius 1 is 1.00 bits per heavy atom. The van der Waals surface area contributed by atoms with Crippen LogP contribution in [-0.2, 0) is 26.1 Å². The third-order valence-electron chi connectivity index (χ3n) is 7.04. The van der Waals surface area contributed by atoms with E-state index in [2.05, 4.69) is 39.6 Å². The van der Waals surface area contributed by atoms with Gasteiger partial charge in [-0.1, -0.05) is 30.3 Å². The number of morpholine rings is 1. The Labute approximate surface area is 206 Å². The summed E-state index contributed by atoms with van der Waals surface area (Å²) in [5, 5.41) is 4.27. The van der Waals surface area contributed by atoms with Crippen molar-refractivity contribution in [2.24, 2.45) is 0 Å². The highest BCUT2D eigenvalue weighted by Gasteiger charge is 2.26. The first kappa shape index (κ1) is 24.0. The van der Waals surface area contributed by atoms with Crippen molar-refractivity contribution in [3.8, 4) is 0 Å². The van der Waals surface area contributed by atoms with E-state index in [0.717, 1.165) is 31.5 Å². The van der Waals surface area contributed by atoms with Crippen LogP contribution in [-0.4, -0.2) is 74.5 Å². The van der Waals surface area contributed by atoms with Gasteiger partial charge in [0.15, 0.2) is 0 Å². The van der Waals surface area contributed by atoms with Gasteiger partial charge in [0.1, 0.15) is 0 Å². The Hall–Kier alpha value is -2.72. The van der Waals surface area contributed by atoms with Crippen LogP contribution in [0.2, 0.25) is 0 Å². The molecule has 2 saturated heterocycles. The topological polar surface area (TPSA) is 94.7 Å². The molecule has 186 valence electrons. The van der Waals surface area contributed by atoms with Crippen molar-refractivity contribution in [2.45, 2.75) is 30.2 Å². The maximum Gasteiger partial charge on any atom is 0.243 e. The van der Waals surface area contributed by atoms with E-state index in [-0.39, 0.29) is 10.8 Å². The number of fused-ring (bicyclic) bond motifs is 1. The summed E-state index contributed by atoms with van der Waals surface area (Å²) in [7, 11) is -3.51. The van der Waals surface area contributed by atoms with Crippen molar-refractivity contribution in [3.63, 3.8) is 0 Å². The standard InChI is InChI=1S/C26H32N4O4S/c31-26(19-29-11-9-21(10-12-29)24-18-27-25-4-2-1-3-23(24)25)28-17-20-5-7-22(8-6-20)35(32,33)30-13-15-34-16-14-30/h1-8,18,21,27H,9-17,19H2,(H,28,31). The molecule has 3 aromatic rings. The highest BCUT2D eigenvalue weighted by Crippen LogP contribution is 2.33. The zero-order chi connectivity index (χ0) is 24.3. The molecule has 3 heterocycles. The largest absolute Gasteiger partial charge is 0.379 e. The fraction of sp³-hybridized carbons (Fsp3) is 0.423. The average molecular weight is 497 g/mol. The summed E-state index contributed by atoms with van der Waals surface area (Å²) < 4.78 is 32.2. The van der Waals surface area contributed by atoms with Gasteiger partial charge in [0.25, 0.3) is 0 Å². The fourth-order valence-corrected chi connectivity index (χ4v) is 6.42. The number of para-hydroxylation sites is 1. The summed E-state index contributed by atoms with van der Waals surface area (Å²) in [6.07, 6.45) is 4.21. The van der Waals surface area contributed by atoms with Crippen molar-refractivity contribution in [1.82, 2.24) is 19.5 Å². The van der Waals surface area contributed by atoms with Crippen LogP contribution in [0.1, 0.15) is 29.9 Å². The lowest BCUT2D eigenvalue weighted by molar-refractivity contribution is -0.122. The van der Waals surface area contributed by atoms with E-state index in [1.807, 2.05) is 6.07 Å². The molecule has 0 spiro atoms. The molecule has 0 aliphatic carbocycles. The van der Waals surface area contributed by atoms with Crippen LogP contribution in [0, 0.1) is 0 Å². The molecule has 0 unspecified atom stereocenters. The monoisotopic (exact) mass is 496 g/mol. The summed E-state index contributed by atoms with van der Waals surface area (Å²) >= 11 is 0. The highest BCUT2D eigenvalue weighted by molar-refractivity contribution is 7.89. The number of hydrogen-bond acceptors (Lipinski definition) is 5. The van der Waals surface area contributed by atoms with Crippen molar-refractivity contribution in [2.75, 3.05) is 45.9 Å². The van der Waals surface area contributed by atoms with E-state index in [0.29, 0.717) is 45.3 Å². The summed E-state index contributed by atoms with van der Waals surface area (Å²) in [5.41, 5.74) is 3.43. The lowest BCUT2D eigenvalue weighted by Gasteiger charge is -2.31. The van der Waals surface area contributed by atoms with E-state index < -0.39 is 10.0 Å². The average Bonchev–Trinajstić information content (AvgIpc) is 3.33. The van der Waals surface area contributed by atoms with E-state index in [4.69, 9.17) is 4.74 Å². The van der Waals surface area contributed by atoms with Crippen LogP contribution < -0.4 is 5.32 Å². The molecule has 0 bridgehead atoms. The number of H-pyrrole nitrogens is 1. The minimum absolute atomic E-state index is 0.0134. The molecule has 35 heavy (non-hydrogen) atoms. The zero-order valence-corrected chi connectivity index (χ0v) is 20.6.